The van der Waals surface area contributed by atoms with Gasteiger partial charge in [-0.2, -0.15) is 4.68 Å². The van der Waals surface area contributed by atoms with E-state index in [9.17, 15) is 4.79 Å². The molecule has 0 spiro atoms. The summed E-state index contributed by atoms with van der Waals surface area (Å²) in [6.07, 6.45) is 0.113. The van der Waals surface area contributed by atoms with E-state index in [0.717, 1.165) is 30.4 Å². The zero-order chi connectivity index (χ0) is 21.8. The predicted molar refractivity (Wildman–Crippen MR) is 117 cm³/mol. The lowest BCUT2D eigenvalue weighted by atomic mass is 10.1. The number of aryl methyl sites for hydroxylation is 1. The van der Waals surface area contributed by atoms with Crippen LogP contribution in [-0.4, -0.2) is 68.2 Å². The van der Waals surface area contributed by atoms with E-state index in [4.69, 9.17) is 4.74 Å². The molecule has 1 aliphatic rings. The Morgan fingerprint density at radius 1 is 1.00 bits per heavy atom. The molecule has 1 aromatic heterocycles. The second kappa shape index (κ2) is 9.26. The molecule has 0 atom stereocenters. The van der Waals surface area contributed by atoms with Crippen LogP contribution in [0.5, 0.6) is 5.75 Å². The van der Waals surface area contributed by atoms with Crippen LogP contribution >= 0.6 is 0 Å². The van der Waals surface area contributed by atoms with Crippen molar-refractivity contribution in [2.45, 2.75) is 33.4 Å². The molecule has 2 heterocycles. The van der Waals surface area contributed by atoms with Gasteiger partial charge in [-0.05, 0) is 67.6 Å². The third-order valence-electron chi connectivity index (χ3n) is 5.31. The number of hydrogen-bond donors (Lipinski definition) is 0. The molecule has 1 fully saturated rings. The number of benzene rings is 2. The van der Waals surface area contributed by atoms with Crippen LogP contribution in [0.25, 0.3) is 5.69 Å². The maximum Gasteiger partial charge on any atom is 0.253 e. The summed E-state index contributed by atoms with van der Waals surface area (Å²) in [6, 6.07) is 15.5. The third-order valence-corrected chi connectivity index (χ3v) is 5.31. The van der Waals surface area contributed by atoms with Crippen molar-refractivity contribution in [2.24, 2.45) is 0 Å². The molecule has 0 saturated carbocycles. The quantitative estimate of drug-likeness (QED) is 0.610. The van der Waals surface area contributed by atoms with Gasteiger partial charge in [-0.25, -0.2) is 0 Å². The second-order valence-electron chi connectivity index (χ2n) is 8.10. The van der Waals surface area contributed by atoms with Crippen LogP contribution in [0.3, 0.4) is 0 Å². The minimum absolute atomic E-state index is 0.0558. The van der Waals surface area contributed by atoms with Gasteiger partial charge in [-0.15, -0.1) is 5.10 Å². The highest BCUT2D eigenvalue weighted by atomic mass is 16.5. The molecule has 0 unspecified atom stereocenters. The molecule has 1 saturated heterocycles. The summed E-state index contributed by atoms with van der Waals surface area (Å²) in [5.74, 6) is 1.63. The van der Waals surface area contributed by atoms with E-state index >= 15 is 0 Å². The van der Waals surface area contributed by atoms with Crippen molar-refractivity contribution in [3.05, 3.63) is 65.5 Å². The molecule has 8 heteroatoms. The summed E-state index contributed by atoms with van der Waals surface area (Å²) in [6.45, 7) is 9.57. The fourth-order valence-electron chi connectivity index (χ4n) is 3.63. The molecule has 1 aliphatic heterocycles. The van der Waals surface area contributed by atoms with Gasteiger partial charge >= 0.3 is 0 Å². The van der Waals surface area contributed by atoms with E-state index in [-0.39, 0.29) is 12.0 Å². The first-order valence-electron chi connectivity index (χ1n) is 10.6. The van der Waals surface area contributed by atoms with Gasteiger partial charge in [-0.1, -0.05) is 17.7 Å². The van der Waals surface area contributed by atoms with E-state index in [2.05, 4.69) is 27.3 Å². The SMILES string of the molecule is Cc1ccc(-n2nnnc2CN2CCN(C(=O)c3ccc(OC(C)C)cc3)CC2)cc1. The minimum Gasteiger partial charge on any atom is -0.491 e. The van der Waals surface area contributed by atoms with E-state index in [1.165, 1.54) is 5.56 Å². The number of tetrazole rings is 1. The first kappa shape index (κ1) is 21.0. The van der Waals surface area contributed by atoms with Gasteiger partial charge in [0.25, 0.3) is 5.91 Å². The Balaban J connectivity index is 1.34. The molecule has 3 aromatic rings. The Kier molecular flexibility index (Phi) is 6.27. The smallest absolute Gasteiger partial charge is 0.253 e. The molecule has 0 aliphatic carbocycles. The first-order valence-corrected chi connectivity index (χ1v) is 10.6. The van der Waals surface area contributed by atoms with Gasteiger partial charge in [0.2, 0.25) is 0 Å². The summed E-state index contributed by atoms with van der Waals surface area (Å²) >= 11 is 0. The molecule has 1 amide bonds. The summed E-state index contributed by atoms with van der Waals surface area (Å²) in [4.78, 5) is 17.0. The molecule has 8 nitrogen and oxygen atoms in total. The predicted octanol–water partition coefficient (Wildman–Crippen LogP) is 2.72. The summed E-state index contributed by atoms with van der Waals surface area (Å²) in [7, 11) is 0. The molecule has 31 heavy (non-hydrogen) atoms. The number of aromatic nitrogens is 4. The van der Waals surface area contributed by atoms with Gasteiger partial charge in [0.15, 0.2) is 5.82 Å². The second-order valence-corrected chi connectivity index (χ2v) is 8.10. The maximum absolute atomic E-state index is 12.9. The highest BCUT2D eigenvalue weighted by Crippen LogP contribution is 2.17. The van der Waals surface area contributed by atoms with Crippen molar-refractivity contribution in [2.75, 3.05) is 26.2 Å². The summed E-state index contributed by atoms with van der Waals surface area (Å²) < 4.78 is 7.43. The van der Waals surface area contributed by atoms with Crippen LogP contribution in [0.15, 0.2) is 48.5 Å². The lowest BCUT2D eigenvalue weighted by molar-refractivity contribution is 0.0624. The van der Waals surface area contributed by atoms with Gasteiger partial charge in [-0.3, -0.25) is 9.69 Å². The summed E-state index contributed by atoms with van der Waals surface area (Å²) in [5.41, 5.74) is 2.83. The monoisotopic (exact) mass is 420 g/mol. The fraction of sp³-hybridized carbons (Fsp3) is 0.391. The lowest BCUT2D eigenvalue weighted by Gasteiger charge is -2.34. The number of nitrogens with zero attached hydrogens (tertiary/aromatic N) is 6. The third kappa shape index (κ3) is 5.08. The maximum atomic E-state index is 12.9. The number of ether oxygens (including phenoxy) is 1. The molecule has 0 bridgehead atoms. The molecule has 162 valence electrons. The Morgan fingerprint density at radius 3 is 2.32 bits per heavy atom. The van der Waals surface area contributed by atoms with Gasteiger partial charge in [0, 0.05) is 31.7 Å². The Labute approximate surface area is 182 Å². The zero-order valence-corrected chi connectivity index (χ0v) is 18.2. The van der Waals surface area contributed by atoms with Crippen LogP contribution in [0, 0.1) is 6.92 Å². The number of piperazine rings is 1. The summed E-state index contributed by atoms with van der Waals surface area (Å²) in [5, 5.41) is 12.2. The van der Waals surface area contributed by atoms with Crippen molar-refractivity contribution in [3.8, 4) is 11.4 Å². The molecule has 0 N–H and O–H groups in total. The van der Waals surface area contributed by atoms with E-state index in [0.29, 0.717) is 25.2 Å². The van der Waals surface area contributed by atoms with Crippen molar-refractivity contribution >= 4 is 5.91 Å². The van der Waals surface area contributed by atoms with Gasteiger partial charge < -0.3 is 9.64 Å². The van der Waals surface area contributed by atoms with Crippen LogP contribution in [0.1, 0.15) is 35.6 Å². The average molecular weight is 421 g/mol. The number of amides is 1. The molecule has 0 radical (unpaired) electrons. The van der Waals surface area contributed by atoms with Crippen molar-refractivity contribution in [1.82, 2.24) is 30.0 Å². The van der Waals surface area contributed by atoms with Crippen molar-refractivity contribution in [1.29, 1.82) is 0 Å². The van der Waals surface area contributed by atoms with E-state index < -0.39 is 0 Å². The molecule has 2 aromatic carbocycles. The van der Waals surface area contributed by atoms with Gasteiger partial charge in [0.1, 0.15) is 5.75 Å². The Morgan fingerprint density at radius 2 is 1.68 bits per heavy atom. The topological polar surface area (TPSA) is 76.4 Å². The van der Waals surface area contributed by atoms with E-state index in [1.54, 1.807) is 4.68 Å². The Bertz CT molecular complexity index is 1010. The minimum atomic E-state index is 0.0558. The van der Waals surface area contributed by atoms with Gasteiger partial charge in [0.05, 0.1) is 18.3 Å². The molecular formula is C23H28N6O2. The van der Waals surface area contributed by atoms with Crippen LogP contribution in [0.2, 0.25) is 0 Å². The van der Waals surface area contributed by atoms with Crippen LogP contribution in [-0.2, 0) is 6.54 Å². The zero-order valence-electron chi connectivity index (χ0n) is 18.2. The van der Waals surface area contributed by atoms with E-state index in [1.807, 2.05) is 67.3 Å². The fourth-order valence-corrected chi connectivity index (χ4v) is 3.63. The number of hydrogen-bond acceptors (Lipinski definition) is 6. The highest BCUT2D eigenvalue weighted by Gasteiger charge is 2.23. The number of carbonyl (C=O) groups is 1. The molecule has 4 rings (SSSR count). The Hall–Kier alpha value is -3.26. The average Bonchev–Trinajstić information content (AvgIpc) is 3.22. The van der Waals surface area contributed by atoms with Crippen LogP contribution in [0.4, 0.5) is 0 Å². The molecular weight excluding hydrogens is 392 g/mol. The normalized spacial score (nSPS) is 14.8. The first-order chi connectivity index (χ1) is 15.0. The number of carbonyl (C=O) groups excluding carboxylic acids is 1. The van der Waals surface area contributed by atoms with Crippen LogP contribution < -0.4 is 4.74 Å². The standard InChI is InChI=1S/C23H28N6O2/c1-17(2)31-21-10-6-19(7-11-21)23(30)28-14-12-27(13-15-28)16-22-24-25-26-29(22)20-8-4-18(3)5-9-20/h4-11,17H,12-16H2,1-3H3. The lowest BCUT2D eigenvalue weighted by Crippen LogP contribution is -2.48. The largest absolute Gasteiger partial charge is 0.491 e. The number of rotatable bonds is 6. The van der Waals surface area contributed by atoms with Crippen molar-refractivity contribution in [3.63, 3.8) is 0 Å². The van der Waals surface area contributed by atoms with Crippen molar-refractivity contribution < 1.29 is 9.53 Å². The highest BCUT2D eigenvalue weighted by molar-refractivity contribution is 5.94.